The molecule has 0 heterocycles. The molecule has 0 bridgehead atoms. The topological polar surface area (TPSA) is 323 Å². The predicted octanol–water partition coefficient (Wildman–Crippen LogP) is -2.17. The molecule has 4 atom stereocenters. The maximum Gasteiger partial charge on any atom is 1.00 e. The quantitative estimate of drug-likeness (QED) is 0.00568. The summed E-state index contributed by atoms with van der Waals surface area (Å²) in [7, 11) is -10.2. The van der Waals surface area contributed by atoms with Crippen molar-refractivity contribution >= 4 is 83.7 Å². The van der Waals surface area contributed by atoms with E-state index in [9.17, 15) is 76.9 Å². The van der Waals surface area contributed by atoms with E-state index in [4.69, 9.17) is 37.5 Å². The number of ether oxygens (including phenoxy) is 7. The van der Waals surface area contributed by atoms with Gasteiger partial charge in [0.05, 0.1) is 83.5 Å². The smallest absolute Gasteiger partial charge is 0.756 e. The van der Waals surface area contributed by atoms with Crippen LogP contribution < -0.4 is 68.7 Å². The number of halogens is 5. The van der Waals surface area contributed by atoms with Crippen LogP contribution in [-0.2, 0) is 85.3 Å². The van der Waals surface area contributed by atoms with Crippen LogP contribution in [0.15, 0.2) is 4.90 Å². The Hall–Kier alpha value is -1.07. The third kappa shape index (κ3) is 27.8. The zero-order valence-electron chi connectivity index (χ0n) is 43.5. The number of rotatable bonds is 35. The van der Waals surface area contributed by atoms with Crippen LogP contribution in [0, 0.1) is 39.5 Å². The fourth-order valence-corrected chi connectivity index (χ4v) is 9.35. The number of carbonyl (C=O) groups excluding carboxylic acids is 5. The first-order valence-corrected chi connectivity index (χ1v) is 28.4. The molecule has 0 saturated heterocycles. The molecule has 4 unspecified atom stereocenters. The molecule has 0 aliphatic carbocycles. The number of esters is 5. The third-order valence-corrected chi connectivity index (χ3v) is 14.6. The van der Waals surface area contributed by atoms with Gasteiger partial charge in [-0.15, -0.1) is 0 Å². The van der Waals surface area contributed by atoms with Gasteiger partial charge in [0.15, 0.2) is 11.6 Å². The van der Waals surface area contributed by atoms with Crippen LogP contribution in [0.5, 0.6) is 5.75 Å². The molecule has 0 aromatic heterocycles. The Morgan fingerprint density at radius 1 is 0.653 bits per heavy atom. The number of alkyl halides is 1. The Balaban J connectivity index is 0. The van der Waals surface area contributed by atoms with Gasteiger partial charge in [-0.05, 0) is 78.0 Å². The van der Waals surface area contributed by atoms with E-state index in [1.165, 1.54) is 34.6 Å². The predicted molar refractivity (Wildman–Crippen MR) is 246 cm³/mol. The fourth-order valence-electron chi connectivity index (χ4n) is 6.57. The van der Waals surface area contributed by atoms with Gasteiger partial charge in [0.1, 0.15) is 61.5 Å². The zero-order valence-corrected chi connectivity index (χ0v) is 52.4. The number of hydrogen-bond acceptors (Lipinski definition) is 23. The molecule has 0 saturated carbocycles. The van der Waals surface area contributed by atoms with Gasteiger partial charge < -0.3 is 60.7 Å². The van der Waals surface area contributed by atoms with Gasteiger partial charge in [0, 0.05) is 5.75 Å². The Labute approximate surface area is 489 Å². The van der Waals surface area contributed by atoms with E-state index in [0.717, 1.165) is 0 Å². The summed E-state index contributed by atoms with van der Waals surface area (Å²) in [5.74, 6) is -17.5. The third-order valence-electron chi connectivity index (χ3n) is 10.1. The van der Waals surface area contributed by atoms with Crippen molar-refractivity contribution in [3.05, 3.63) is 23.3 Å². The van der Waals surface area contributed by atoms with E-state index < -0.39 is 156 Å². The molecule has 0 amide bonds. The number of nitrogens with zero attached hydrogens (tertiary/aromatic N) is 1. The van der Waals surface area contributed by atoms with Crippen LogP contribution in [0.2, 0.25) is 0 Å². The van der Waals surface area contributed by atoms with E-state index in [-0.39, 0.29) is 129 Å². The van der Waals surface area contributed by atoms with Crippen LogP contribution in [0.25, 0.3) is 0 Å². The molecule has 1 rings (SSSR count). The van der Waals surface area contributed by atoms with Crippen LogP contribution in [-0.4, -0.2) is 164 Å². The normalized spacial score (nSPS) is 15.3. The second-order valence-corrected chi connectivity index (χ2v) is 26.2. The van der Waals surface area contributed by atoms with E-state index in [0.29, 0.717) is 11.0 Å². The van der Waals surface area contributed by atoms with Crippen molar-refractivity contribution in [3.8, 4) is 5.75 Å². The van der Waals surface area contributed by atoms with Gasteiger partial charge in [-0.25, -0.2) is 25.6 Å². The Kier molecular flexibility index (Phi) is 33.4. The number of benzene rings is 1. The zero-order chi connectivity index (χ0) is 56.4. The summed E-state index contributed by atoms with van der Waals surface area (Å²) < 4.78 is 180. The van der Waals surface area contributed by atoms with Crippen molar-refractivity contribution in [2.45, 2.75) is 82.9 Å². The molecule has 23 nitrogen and oxygen atoms in total. The molecule has 1 aromatic carbocycles. The average molecular weight is 1250 g/mol. The van der Waals surface area contributed by atoms with Crippen LogP contribution in [0.3, 0.4) is 0 Å². The van der Waals surface area contributed by atoms with E-state index >= 15 is 0 Å². The molecular weight excluding hydrogens is 1190 g/mol. The second-order valence-electron chi connectivity index (χ2n) is 18.4. The SMILES string of the molecule is CCOC(=O)C(C)(C)CC(C)(CC(C)(CCC(C)(Br)C(=O)OCCOCCOCCC(=O)Oc1c(F)c(F)c(S(=O)(=O)[O-])c(F)c1F)C(=O)OCCSS(=O)(=O)[O-])C(=O)OCCOP(=O)([O-])OCC[N+](C)(C)C.[Na+].[Na+]. The summed E-state index contributed by atoms with van der Waals surface area (Å²) in [4.78, 5) is 76.3. The first-order valence-electron chi connectivity index (χ1n) is 21.8. The summed E-state index contributed by atoms with van der Waals surface area (Å²) in [6, 6.07) is 0. The van der Waals surface area contributed by atoms with Crippen molar-refractivity contribution in [1.82, 2.24) is 0 Å². The molecule has 0 aliphatic rings. The van der Waals surface area contributed by atoms with E-state index in [1.807, 2.05) is 21.1 Å². The standard InChI is InChI=1S/C41H63BrF4NO22PS3.2Na/c1-10-63-34(49)38(2,3)25-40(5,36(51)64-21-22-68-70(53,54)67-16-14-47(7,8)9)26-39(4,35(50)66-23-24-71-73(58,59)60)12-13-41(6,42)37(52)65-20-19-62-18-17-61-15-11-27(48)69-32-28(43)30(45)33(72(55,56)57)31(46)29(32)44;;/h10-26H2,1-9H3,(H2-,53,54,55,56,57,58,59,60);;/q;2*+1/p-2. The summed E-state index contributed by atoms with van der Waals surface area (Å²) in [6.45, 7) is 5.48. The second kappa shape index (κ2) is 33.0. The van der Waals surface area contributed by atoms with Crippen molar-refractivity contribution in [1.29, 1.82) is 0 Å². The van der Waals surface area contributed by atoms with Crippen molar-refractivity contribution in [2.75, 3.05) is 99.5 Å². The monoisotopic (exact) mass is 1250 g/mol. The molecule has 0 radical (unpaired) electrons. The molecule has 75 heavy (non-hydrogen) atoms. The van der Waals surface area contributed by atoms with Crippen molar-refractivity contribution in [2.24, 2.45) is 16.2 Å². The van der Waals surface area contributed by atoms with E-state index in [2.05, 4.69) is 20.7 Å². The summed E-state index contributed by atoms with van der Waals surface area (Å²) in [5, 5.41) is 0. The Bertz CT molecular complexity index is 2340. The molecule has 0 aliphatic heterocycles. The van der Waals surface area contributed by atoms with Gasteiger partial charge in [0.2, 0.25) is 17.4 Å². The van der Waals surface area contributed by atoms with Crippen molar-refractivity contribution in [3.63, 3.8) is 0 Å². The molecule has 0 spiro atoms. The van der Waals surface area contributed by atoms with E-state index in [1.54, 1.807) is 6.92 Å². The molecule has 422 valence electrons. The first-order chi connectivity index (χ1) is 33.2. The molecule has 34 heteroatoms. The average Bonchev–Trinajstić information content (AvgIpc) is 3.24. The number of quaternary nitrogens is 1. The van der Waals surface area contributed by atoms with Gasteiger partial charge in [-0.1, -0.05) is 15.9 Å². The molecule has 1 aromatic rings. The summed E-state index contributed by atoms with van der Waals surface area (Å²) >= 11 is 3.31. The van der Waals surface area contributed by atoms with Crippen LogP contribution >= 0.6 is 34.5 Å². The number of phosphoric ester groups is 1. The van der Waals surface area contributed by atoms with Crippen LogP contribution in [0.1, 0.15) is 73.6 Å². The first kappa shape index (κ1) is 76.0. The van der Waals surface area contributed by atoms with Gasteiger partial charge in [-0.3, -0.25) is 28.5 Å². The minimum Gasteiger partial charge on any atom is -0.756 e. The largest absolute Gasteiger partial charge is 1.00 e. The Morgan fingerprint density at radius 2 is 1.13 bits per heavy atom. The maximum atomic E-state index is 14.1. The van der Waals surface area contributed by atoms with Gasteiger partial charge in [-0.2, -0.15) is 8.78 Å². The number of carbonyl (C=O) groups is 5. The maximum absolute atomic E-state index is 14.1. The van der Waals surface area contributed by atoms with Gasteiger partial charge in [0.25, 0.3) is 7.82 Å². The summed E-state index contributed by atoms with van der Waals surface area (Å²) in [5.41, 5.74) is -4.95. The number of hydrogen-bond donors (Lipinski definition) is 0. The molecule has 0 fully saturated rings. The molecule has 0 N–H and O–H groups in total. The Morgan fingerprint density at radius 3 is 1.65 bits per heavy atom. The minimum absolute atomic E-state index is 0. The van der Waals surface area contributed by atoms with Crippen molar-refractivity contribution < 1.29 is 183 Å². The number of phosphoric acid groups is 1. The number of likely N-dealkylation sites (N-methyl/N-ethyl adjacent to an activating group) is 1. The molecular formula is C41H61BrF4NNa2O22PS3. The van der Waals surface area contributed by atoms with Gasteiger partial charge >= 0.3 is 89.0 Å². The minimum atomic E-state index is -5.99. The fraction of sp³-hybridized carbons (Fsp3) is 0.732. The summed E-state index contributed by atoms with van der Waals surface area (Å²) in [6.07, 6.45) is -1.99. The van der Waals surface area contributed by atoms with Crippen LogP contribution in [0.4, 0.5) is 17.6 Å².